The summed E-state index contributed by atoms with van der Waals surface area (Å²) in [6, 6.07) is 0. The second-order valence-electron chi connectivity index (χ2n) is 2.38. The Kier molecular flexibility index (Phi) is 14.7. The second kappa shape index (κ2) is 13.2. The molecule has 0 aliphatic heterocycles. The van der Waals surface area contributed by atoms with Crippen LogP contribution in [0.15, 0.2) is 0 Å². The van der Waals surface area contributed by atoms with Crippen LogP contribution in [0.25, 0.3) is 0 Å². The van der Waals surface area contributed by atoms with E-state index in [0.29, 0.717) is 19.8 Å². The fourth-order valence-electron chi connectivity index (χ4n) is 0.553. The number of ether oxygens (including phenoxy) is 3. The van der Waals surface area contributed by atoms with Gasteiger partial charge >= 0.3 is 0 Å². The molecule has 0 amide bonds. The monoisotopic (exact) mass is 220 g/mol. The van der Waals surface area contributed by atoms with Gasteiger partial charge in [-0.3, -0.25) is 9.59 Å². The van der Waals surface area contributed by atoms with Gasteiger partial charge in [0.05, 0.1) is 0 Å². The van der Waals surface area contributed by atoms with Gasteiger partial charge < -0.3 is 14.2 Å². The average molecular weight is 220 g/mol. The van der Waals surface area contributed by atoms with Gasteiger partial charge in [-0.1, -0.05) is 0 Å². The minimum absolute atomic E-state index is 0.278. The number of aldehydes is 1. The zero-order valence-corrected chi connectivity index (χ0v) is 9.82. The molecule has 0 bridgehead atoms. The maximum atomic E-state index is 9.44. The molecule has 0 saturated carbocycles. The Morgan fingerprint density at radius 1 is 1.07 bits per heavy atom. The van der Waals surface area contributed by atoms with Crippen LogP contribution < -0.4 is 0 Å². The van der Waals surface area contributed by atoms with Gasteiger partial charge in [-0.25, -0.2) is 0 Å². The summed E-state index contributed by atoms with van der Waals surface area (Å²) in [5.74, 6) is -0.426. The summed E-state index contributed by atoms with van der Waals surface area (Å²) < 4.78 is 15.2. The first kappa shape index (κ1) is 16.6. The minimum Gasteiger partial charge on any atom is -0.330 e. The molecule has 0 aromatic carbocycles. The molecular weight excluding hydrogens is 200 g/mol. The van der Waals surface area contributed by atoms with E-state index in [-0.39, 0.29) is 6.29 Å². The molecular formula is C10H20O5. The van der Waals surface area contributed by atoms with Crippen molar-refractivity contribution < 1.29 is 23.8 Å². The van der Waals surface area contributed by atoms with Crippen LogP contribution in [0.1, 0.15) is 27.7 Å². The van der Waals surface area contributed by atoms with E-state index < -0.39 is 12.3 Å². The zero-order chi connectivity index (χ0) is 12.1. The number of hydrogen-bond donors (Lipinski definition) is 0. The molecule has 0 aromatic rings. The summed E-state index contributed by atoms with van der Waals surface area (Å²) in [6.45, 7) is 8.31. The molecule has 0 aliphatic rings. The van der Waals surface area contributed by atoms with Crippen molar-refractivity contribution in [2.75, 3.05) is 19.8 Å². The lowest BCUT2D eigenvalue weighted by Crippen LogP contribution is -2.20. The van der Waals surface area contributed by atoms with Crippen molar-refractivity contribution in [1.82, 2.24) is 0 Å². The van der Waals surface area contributed by atoms with Crippen LogP contribution in [-0.4, -0.2) is 38.4 Å². The van der Waals surface area contributed by atoms with Crippen LogP contribution in [0.2, 0.25) is 0 Å². The molecule has 0 heterocycles. The first-order valence-corrected chi connectivity index (χ1v) is 4.92. The summed E-state index contributed by atoms with van der Waals surface area (Å²) in [5, 5.41) is 0. The minimum atomic E-state index is -0.472. The number of ketones is 1. The molecule has 5 heteroatoms. The molecule has 0 aromatic heterocycles. The van der Waals surface area contributed by atoms with Crippen molar-refractivity contribution in [3.63, 3.8) is 0 Å². The summed E-state index contributed by atoms with van der Waals surface area (Å²) >= 11 is 0. The van der Waals surface area contributed by atoms with Crippen LogP contribution in [-0.2, 0) is 23.8 Å². The quantitative estimate of drug-likeness (QED) is 0.366. The Morgan fingerprint density at radius 3 is 1.47 bits per heavy atom. The van der Waals surface area contributed by atoms with Crippen LogP contribution >= 0.6 is 0 Å². The third-order valence-electron chi connectivity index (χ3n) is 1.07. The molecule has 15 heavy (non-hydrogen) atoms. The lowest BCUT2D eigenvalue weighted by molar-refractivity contribution is -0.282. The Balaban J connectivity index is 0. The van der Waals surface area contributed by atoms with Gasteiger partial charge in [-0.05, 0) is 20.8 Å². The van der Waals surface area contributed by atoms with Gasteiger partial charge in [0.2, 0.25) is 0 Å². The third kappa shape index (κ3) is 15.9. The van der Waals surface area contributed by atoms with Gasteiger partial charge in [0.15, 0.2) is 12.1 Å². The molecule has 5 nitrogen and oxygen atoms in total. The Hall–Kier alpha value is -0.780. The van der Waals surface area contributed by atoms with Crippen molar-refractivity contribution in [1.29, 1.82) is 0 Å². The molecule has 90 valence electrons. The van der Waals surface area contributed by atoms with Crippen molar-refractivity contribution in [2.45, 2.75) is 34.2 Å². The first-order valence-electron chi connectivity index (χ1n) is 4.92. The molecule has 0 saturated heterocycles. The van der Waals surface area contributed by atoms with Crippen molar-refractivity contribution in [3.8, 4) is 0 Å². The van der Waals surface area contributed by atoms with E-state index in [2.05, 4.69) is 0 Å². The Morgan fingerprint density at radius 2 is 1.33 bits per heavy atom. The standard InChI is InChI=1S/C7H16O3.C3H4O2/c1-4-8-7(9-5-2)10-6-3;1-3(5)2-4/h7H,4-6H2,1-3H3;2H,1H3. The second-order valence-corrected chi connectivity index (χ2v) is 2.38. The lowest BCUT2D eigenvalue weighted by Gasteiger charge is -2.15. The normalized spacial score (nSPS) is 9.40. The van der Waals surface area contributed by atoms with E-state index in [1.807, 2.05) is 20.8 Å². The molecule has 0 aliphatic carbocycles. The topological polar surface area (TPSA) is 61.8 Å². The number of Topliss-reactive ketones (excluding diaryl/α,β-unsaturated/α-hetero) is 1. The summed E-state index contributed by atoms with van der Waals surface area (Å²) in [5.41, 5.74) is 0. The smallest absolute Gasteiger partial charge is 0.271 e. The third-order valence-corrected chi connectivity index (χ3v) is 1.07. The summed E-state index contributed by atoms with van der Waals surface area (Å²) in [7, 11) is 0. The summed E-state index contributed by atoms with van der Waals surface area (Å²) in [6.07, 6.45) is 0.278. The molecule has 0 atom stereocenters. The van der Waals surface area contributed by atoms with Crippen LogP contribution in [0, 0.1) is 0 Å². The highest BCUT2D eigenvalue weighted by Crippen LogP contribution is 1.95. The average Bonchev–Trinajstić information content (AvgIpc) is 2.20. The fourth-order valence-corrected chi connectivity index (χ4v) is 0.553. The van der Waals surface area contributed by atoms with Gasteiger partial charge in [-0.2, -0.15) is 0 Å². The molecule has 0 fully saturated rings. The maximum Gasteiger partial charge on any atom is 0.271 e. The van der Waals surface area contributed by atoms with Crippen LogP contribution in [0.4, 0.5) is 0 Å². The molecule has 0 N–H and O–H groups in total. The molecule has 0 radical (unpaired) electrons. The molecule has 0 rings (SSSR count). The number of carbonyl (C=O) groups excluding carboxylic acids is 2. The van der Waals surface area contributed by atoms with E-state index >= 15 is 0 Å². The van der Waals surface area contributed by atoms with Gasteiger partial charge in [0, 0.05) is 26.7 Å². The lowest BCUT2D eigenvalue weighted by atomic mass is 10.5. The SMILES string of the molecule is CC(=O)C=O.CCOC(OCC)OCC. The van der Waals surface area contributed by atoms with Crippen molar-refractivity contribution in [3.05, 3.63) is 0 Å². The van der Waals surface area contributed by atoms with E-state index in [4.69, 9.17) is 19.0 Å². The fraction of sp³-hybridized carbons (Fsp3) is 0.800. The summed E-state index contributed by atoms with van der Waals surface area (Å²) in [4.78, 5) is 18.6. The van der Waals surface area contributed by atoms with Crippen LogP contribution in [0.3, 0.4) is 0 Å². The van der Waals surface area contributed by atoms with E-state index in [1.165, 1.54) is 6.92 Å². The number of carbonyl (C=O) groups is 2. The molecule has 0 unspecified atom stereocenters. The highest BCUT2D eigenvalue weighted by molar-refractivity contribution is 6.23. The van der Waals surface area contributed by atoms with Crippen molar-refractivity contribution >= 4 is 12.1 Å². The maximum absolute atomic E-state index is 9.44. The predicted molar refractivity (Wildman–Crippen MR) is 55.4 cm³/mol. The highest BCUT2D eigenvalue weighted by atomic mass is 16.8. The molecule has 0 spiro atoms. The van der Waals surface area contributed by atoms with E-state index in [0.717, 1.165) is 0 Å². The van der Waals surface area contributed by atoms with Gasteiger partial charge in [-0.15, -0.1) is 0 Å². The van der Waals surface area contributed by atoms with Crippen molar-refractivity contribution in [2.24, 2.45) is 0 Å². The highest BCUT2D eigenvalue weighted by Gasteiger charge is 2.04. The zero-order valence-electron chi connectivity index (χ0n) is 9.82. The predicted octanol–water partition coefficient (Wildman–Crippen LogP) is 1.15. The first-order chi connectivity index (χ1) is 7.12. The largest absolute Gasteiger partial charge is 0.330 e. The van der Waals surface area contributed by atoms with Crippen LogP contribution in [0.5, 0.6) is 0 Å². The number of hydrogen-bond acceptors (Lipinski definition) is 5. The number of rotatable bonds is 7. The van der Waals surface area contributed by atoms with E-state index in [1.54, 1.807) is 0 Å². The Labute approximate surface area is 90.7 Å². The Bertz CT molecular complexity index is 144. The van der Waals surface area contributed by atoms with E-state index in [9.17, 15) is 4.79 Å². The van der Waals surface area contributed by atoms with Gasteiger partial charge in [0.25, 0.3) is 6.48 Å². The van der Waals surface area contributed by atoms with Gasteiger partial charge in [0.1, 0.15) is 0 Å².